The van der Waals surface area contributed by atoms with Crippen molar-refractivity contribution in [2.45, 2.75) is 37.3 Å². The Morgan fingerprint density at radius 3 is 2.93 bits per heavy atom. The molecular weight excluding hydrogens is 356 g/mol. The summed E-state index contributed by atoms with van der Waals surface area (Å²) in [6.07, 6.45) is 4.73. The van der Waals surface area contributed by atoms with E-state index in [4.69, 9.17) is 9.47 Å². The van der Waals surface area contributed by atoms with Crippen molar-refractivity contribution in [3.05, 3.63) is 54.1 Å². The molecule has 0 N–H and O–H groups in total. The maximum Gasteiger partial charge on any atom is 0.414 e. The molecule has 0 aromatic heterocycles. The van der Waals surface area contributed by atoms with E-state index in [9.17, 15) is 9.59 Å². The first kappa shape index (κ1) is 18.7. The number of nitrogens with zero attached hydrogens (tertiary/aromatic N) is 2. The second kappa shape index (κ2) is 7.09. The van der Waals surface area contributed by atoms with Crippen molar-refractivity contribution < 1.29 is 19.1 Å². The summed E-state index contributed by atoms with van der Waals surface area (Å²) < 4.78 is 10.7. The molecule has 28 heavy (non-hydrogen) atoms. The first-order chi connectivity index (χ1) is 13.5. The lowest BCUT2D eigenvalue weighted by atomic mass is 9.66. The van der Waals surface area contributed by atoms with Crippen LogP contribution in [0.1, 0.15) is 25.3 Å². The van der Waals surface area contributed by atoms with Gasteiger partial charge in [0.2, 0.25) is 0 Å². The second-order valence-electron chi connectivity index (χ2n) is 7.78. The molecule has 3 fully saturated rings. The Morgan fingerprint density at radius 1 is 1.39 bits per heavy atom. The van der Waals surface area contributed by atoms with E-state index < -0.39 is 11.5 Å². The van der Waals surface area contributed by atoms with E-state index in [0.717, 1.165) is 29.8 Å². The summed E-state index contributed by atoms with van der Waals surface area (Å²) in [6, 6.07) is 7.56. The number of ether oxygens (including phenoxy) is 2. The average molecular weight is 382 g/mol. The normalized spacial score (nSPS) is 32.1. The standard InChI is InChI=1S/C22H26N2O4/c1-4-7-18-20-22(10-11-23(18)13-15(2)14-28-19(25)12-22)16-8-5-6-9-17(16)24(20)21(26)27-3/h4-9,18,20H,2,10-14H2,1,3H3/b7-4-/t18?,20-,22+/m0/s1. The number of amides is 1. The highest BCUT2D eigenvalue weighted by atomic mass is 16.5. The van der Waals surface area contributed by atoms with E-state index in [1.165, 1.54) is 7.11 Å². The molecule has 1 amide bonds. The first-order valence-electron chi connectivity index (χ1n) is 9.67. The van der Waals surface area contributed by atoms with Crippen LogP contribution in [0.15, 0.2) is 48.6 Å². The number of para-hydroxylation sites is 1. The number of benzene rings is 1. The topological polar surface area (TPSA) is 59.1 Å². The number of allylic oxidation sites excluding steroid dienone is 1. The van der Waals surface area contributed by atoms with Crippen LogP contribution in [0.2, 0.25) is 0 Å². The van der Waals surface area contributed by atoms with E-state index in [1.807, 2.05) is 37.3 Å². The van der Waals surface area contributed by atoms with Crippen LogP contribution >= 0.6 is 0 Å². The molecule has 2 unspecified atom stereocenters. The van der Waals surface area contributed by atoms with E-state index in [2.05, 4.69) is 17.6 Å². The Morgan fingerprint density at radius 2 is 2.18 bits per heavy atom. The fourth-order valence-electron chi connectivity index (χ4n) is 5.15. The molecule has 0 radical (unpaired) electrons. The van der Waals surface area contributed by atoms with Crippen molar-refractivity contribution in [2.24, 2.45) is 0 Å². The molecule has 148 valence electrons. The lowest BCUT2D eigenvalue weighted by Gasteiger charge is -2.51. The van der Waals surface area contributed by atoms with Gasteiger partial charge in [0.1, 0.15) is 6.61 Å². The Bertz CT molecular complexity index is 849. The van der Waals surface area contributed by atoms with E-state index in [1.54, 1.807) is 4.90 Å². The summed E-state index contributed by atoms with van der Waals surface area (Å²) in [5.41, 5.74) is 2.20. The monoisotopic (exact) mass is 382 g/mol. The Balaban J connectivity index is 1.94. The summed E-state index contributed by atoms with van der Waals surface area (Å²) in [4.78, 5) is 29.7. The van der Waals surface area contributed by atoms with Gasteiger partial charge in [-0.3, -0.25) is 14.6 Å². The molecule has 4 atom stereocenters. The maximum atomic E-state index is 12.9. The van der Waals surface area contributed by atoms with Crippen molar-refractivity contribution in [3.63, 3.8) is 0 Å². The number of rotatable bonds is 1. The van der Waals surface area contributed by atoms with Gasteiger partial charge in [-0.25, -0.2) is 4.79 Å². The number of methoxy groups -OCH3 is 1. The van der Waals surface area contributed by atoms with Crippen molar-refractivity contribution in [1.82, 2.24) is 4.90 Å². The van der Waals surface area contributed by atoms with Gasteiger partial charge >= 0.3 is 12.1 Å². The summed E-state index contributed by atoms with van der Waals surface area (Å²) in [6.45, 7) is 7.74. The van der Waals surface area contributed by atoms with Gasteiger partial charge in [-0.05, 0) is 30.5 Å². The molecule has 6 nitrogen and oxygen atoms in total. The molecular formula is C22H26N2O4. The summed E-state index contributed by atoms with van der Waals surface area (Å²) >= 11 is 0. The third-order valence-corrected chi connectivity index (χ3v) is 6.22. The van der Waals surface area contributed by atoms with Gasteiger partial charge in [-0.15, -0.1) is 0 Å². The van der Waals surface area contributed by atoms with Gasteiger partial charge < -0.3 is 9.47 Å². The summed E-state index contributed by atoms with van der Waals surface area (Å²) in [5, 5.41) is 0. The smallest absolute Gasteiger partial charge is 0.414 e. The van der Waals surface area contributed by atoms with Crippen LogP contribution in [0.4, 0.5) is 10.5 Å². The van der Waals surface area contributed by atoms with Gasteiger partial charge in [-0.2, -0.15) is 0 Å². The molecule has 1 spiro atoms. The van der Waals surface area contributed by atoms with Crippen LogP contribution in [0.25, 0.3) is 0 Å². The number of fused-ring (bicyclic) bond motifs is 7. The molecule has 1 aromatic carbocycles. The van der Waals surface area contributed by atoms with Crippen LogP contribution in [0, 0.1) is 0 Å². The molecule has 5 rings (SSSR count). The van der Waals surface area contributed by atoms with Crippen LogP contribution < -0.4 is 4.90 Å². The zero-order chi connectivity index (χ0) is 19.9. The van der Waals surface area contributed by atoms with Gasteiger partial charge in [0.25, 0.3) is 0 Å². The predicted octanol–water partition coefficient (Wildman–Crippen LogP) is 3.03. The first-order valence-corrected chi connectivity index (χ1v) is 9.67. The van der Waals surface area contributed by atoms with Crippen molar-refractivity contribution >= 4 is 17.7 Å². The summed E-state index contributed by atoms with van der Waals surface area (Å²) in [7, 11) is 1.40. The number of esters is 1. The molecule has 1 aromatic rings. The largest absolute Gasteiger partial charge is 0.461 e. The highest BCUT2D eigenvalue weighted by molar-refractivity contribution is 5.94. The molecule has 3 saturated heterocycles. The third-order valence-electron chi connectivity index (χ3n) is 6.22. The third kappa shape index (κ3) is 2.75. The highest BCUT2D eigenvalue weighted by Crippen LogP contribution is 2.54. The lowest BCUT2D eigenvalue weighted by molar-refractivity contribution is -0.145. The minimum atomic E-state index is -0.499. The zero-order valence-corrected chi connectivity index (χ0v) is 16.4. The van der Waals surface area contributed by atoms with Crippen LogP contribution in [0.3, 0.4) is 0 Å². The molecule has 4 aliphatic rings. The fourth-order valence-corrected chi connectivity index (χ4v) is 5.15. The van der Waals surface area contributed by atoms with Crippen LogP contribution in [-0.2, 0) is 19.7 Å². The quantitative estimate of drug-likeness (QED) is 0.552. The minimum absolute atomic E-state index is 0.0482. The number of carbonyl (C=O) groups is 2. The highest BCUT2D eigenvalue weighted by Gasteiger charge is 2.59. The SMILES string of the molecule is C=C1COC(=O)C[C@@]23CCN(C1)C(/C=C\C)[C@@H]2N(C(=O)OC)c1ccccc13. The molecule has 0 aliphatic carbocycles. The number of hydrogen-bond acceptors (Lipinski definition) is 5. The minimum Gasteiger partial charge on any atom is -0.461 e. The molecule has 4 aliphatic heterocycles. The van der Waals surface area contributed by atoms with Crippen molar-refractivity contribution in [3.8, 4) is 0 Å². The number of piperidine rings is 1. The van der Waals surface area contributed by atoms with Gasteiger partial charge in [-0.1, -0.05) is 36.9 Å². The molecule has 0 saturated carbocycles. The lowest BCUT2D eigenvalue weighted by Crippen LogP contribution is -2.64. The maximum absolute atomic E-state index is 12.9. The Kier molecular flexibility index (Phi) is 4.75. The number of hydrogen-bond donors (Lipinski definition) is 0. The molecule has 4 heterocycles. The van der Waals surface area contributed by atoms with E-state index in [-0.39, 0.29) is 31.1 Å². The molecule has 6 heteroatoms. The number of anilines is 1. The Labute approximate surface area is 165 Å². The van der Waals surface area contributed by atoms with Crippen molar-refractivity contribution in [2.75, 3.05) is 31.7 Å². The predicted molar refractivity (Wildman–Crippen MR) is 106 cm³/mol. The van der Waals surface area contributed by atoms with Gasteiger partial charge in [0.05, 0.1) is 31.3 Å². The van der Waals surface area contributed by atoms with E-state index in [0.29, 0.717) is 6.54 Å². The fraction of sp³-hybridized carbons (Fsp3) is 0.455. The van der Waals surface area contributed by atoms with Gasteiger partial charge in [0.15, 0.2) is 0 Å². The van der Waals surface area contributed by atoms with Gasteiger partial charge in [0, 0.05) is 18.5 Å². The van der Waals surface area contributed by atoms with E-state index >= 15 is 0 Å². The van der Waals surface area contributed by atoms with Crippen LogP contribution in [0.5, 0.6) is 0 Å². The average Bonchev–Trinajstić information content (AvgIpc) is 2.98. The second-order valence-corrected chi connectivity index (χ2v) is 7.78. The Hall–Kier alpha value is -2.60. The summed E-state index contributed by atoms with van der Waals surface area (Å²) in [5.74, 6) is -0.248. The number of carbonyl (C=O) groups excluding carboxylic acids is 2. The zero-order valence-electron chi connectivity index (χ0n) is 16.4. The van der Waals surface area contributed by atoms with Crippen molar-refractivity contribution in [1.29, 1.82) is 0 Å². The molecule has 2 bridgehead atoms. The van der Waals surface area contributed by atoms with Crippen LogP contribution in [-0.4, -0.2) is 55.9 Å².